The largest absolute Gasteiger partial charge is 0.467 e. The Labute approximate surface area is 163 Å². The van der Waals surface area contributed by atoms with Gasteiger partial charge < -0.3 is 4.42 Å². The van der Waals surface area contributed by atoms with Gasteiger partial charge in [-0.15, -0.1) is 0 Å². The zero-order valence-corrected chi connectivity index (χ0v) is 16.6. The van der Waals surface area contributed by atoms with Crippen molar-refractivity contribution in [1.82, 2.24) is 0 Å². The Morgan fingerprint density at radius 3 is 2.32 bits per heavy atom. The fraction of sp³-hybridized carbons (Fsp3) is 0.200. The maximum absolute atomic E-state index is 13.6. The molecule has 1 aromatic heterocycles. The average molecular weight is 400 g/mol. The van der Waals surface area contributed by atoms with Crippen molar-refractivity contribution in [2.75, 3.05) is 4.31 Å². The van der Waals surface area contributed by atoms with E-state index < -0.39 is 14.9 Å². The lowest BCUT2D eigenvalue weighted by Gasteiger charge is -2.25. The standard InChI is InChI=1S/C20H20N2O5S/c1-14-6-8-17(9-7-14)21(13-19-5-4-10-27-19)28(25,26)20-12-18(22(23)24)11-15(2)16(20)3/h4-12H,13H2,1-3H3. The third-order valence-corrected chi connectivity index (χ3v) is 6.48. The van der Waals surface area contributed by atoms with Crippen LogP contribution in [0.3, 0.4) is 0 Å². The van der Waals surface area contributed by atoms with Gasteiger partial charge in [0.25, 0.3) is 15.7 Å². The maximum Gasteiger partial charge on any atom is 0.271 e. The second-order valence-electron chi connectivity index (χ2n) is 6.57. The van der Waals surface area contributed by atoms with Crippen LogP contribution in [0.25, 0.3) is 0 Å². The van der Waals surface area contributed by atoms with Crippen LogP contribution < -0.4 is 4.31 Å². The van der Waals surface area contributed by atoms with Crippen molar-refractivity contribution in [2.45, 2.75) is 32.2 Å². The number of aryl methyl sites for hydroxylation is 2. The lowest BCUT2D eigenvalue weighted by molar-refractivity contribution is -0.385. The summed E-state index contributed by atoms with van der Waals surface area (Å²) in [5.41, 5.74) is 2.19. The van der Waals surface area contributed by atoms with Crippen molar-refractivity contribution in [1.29, 1.82) is 0 Å². The molecule has 0 radical (unpaired) electrons. The molecule has 7 nitrogen and oxygen atoms in total. The van der Waals surface area contributed by atoms with Gasteiger partial charge in [-0.2, -0.15) is 0 Å². The molecule has 28 heavy (non-hydrogen) atoms. The van der Waals surface area contributed by atoms with Gasteiger partial charge in [-0.05, 0) is 56.2 Å². The van der Waals surface area contributed by atoms with Gasteiger partial charge in [-0.25, -0.2) is 8.42 Å². The summed E-state index contributed by atoms with van der Waals surface area (Å²) in [6, 6.07) is 12.9. The maximum atomic E-state index is 13.6. The first-order valence-electron chi connectivity index (χ1n) is 8.57. The number of hydrogen-bond acceptors (Lipinski definition) is 5. The predicted molar refractivity (Wildman–Crippen MR) is 106 cm³/mol. The molecule has 1 heterocycles. The molecule has 146 valence electrons. The Morgan fingerprint density at radius 1 is 1.07 bits per heavy atom. The fourth-order valence-corrected chi connectivity index (χ4v) is 4.62. The Balaban J connectivity index is 2.18. The highest BCUT2D eigenvalue weighted by atomic mass is 32.2. The van der Waals surface area contributed by atoms with Crippen LogP contribution in [0.1, 0.15) is 22.5 Å². The first-order chi connectivity index (χ1) is 13.2. The number of nitro groups is 1. The number of anilines is 1. The number of furan rings is 1. The number of nitro benzene ring substituents is 1. The van der Waals surface area contributed by atoms with E-state index in [0.29, 0.717) is 22.6 Å². The van der Waals surface area contributed by atoms with Crippen LogP contribution in [0, 0.1) is 30.9 Å². The molecule has 0 spiro atoms. The zero-order valence-electron chi connectivity index (χ0n) is 15.7. The molecule has 0 atom stereocenters. The average Bonchev–Trinajstić information content (AvgIpc) is 3.15. The van der Waals surface area contributed by atoms with Crippen LogP contribution in [0.4, 0.5) is 11.4 Å². The highest BCUT2D eigenvalue weighted by Crippen LogP contribution is 2.31. The smallest absolute Gasteiger partial charge is 0.271 e. The zero-order chi connectivity index (χ0) is 20.5. The van der Waals surface area contributed by atoms with Gasteiger partial charge in [0, 0.05) is 12.1 Å². The summed E-state index contributed by atoms with van der Waals surface area (Å²) < 4.78 is 33.7. The van der Waals surface area contributed by atoms with E-state index in [0.717, 1.165) is 11.6 Å². The molecule has 3 aromatic rings. The quantitative estimate of drug-likeness (QED) is 0.448. The molecular weight excluding hydrogens is 380 g/mol. The molecule has 0 saturated carbocycles. The molecule has 0 unspecified atom stereocenters. The Hall–Kier alpha value is -3.13. The van der Waals surface area contributed by atoms with E-state index in [9.17, 15) is 18.5 Å². The minimum absolute atomic E-state index is 0.0282. The van der Waals surface area contributed by atoms with Gasteiger partial charge in [-0.1, -0.05) is 17.7 Å². The van der Waals surface area contributed by atoms with Crippen LogP contribution in [0.5, 0.6) is 0 Å². The van der Waals surface area contributed by atoms with E-state index in [1.54, 1.807) is 38.1 Å². The second-order valence-corrected chi connectivity index (χ2v) is 8.40. The Kier molecular flexibility index (Phi) is 5.24. The van der Waals surface area contributed by atoms with Gasteiger partial charge in [0.1, 0.15) is 5.76 Å². The van der Waals surface area contributed by atoms with Crippen molar-refractivity contribution < 1.29 is 17.8 Å². The number of rotatable bonds is 6. The van der Waals surface area contributed by atoms with Crippen molar-refractivity contribution in [3.63, 3.8) is 0 Å². The number of nitrogens with zero attached hydrogens (tertiary/aromatic N) is 2. The SMILES string of the molecule is Cc1ccc(N(Cc2ccco2)S(=O)(=O)c2cc([N+](=O)[O-])cc(C)c2C)cc1. The first kappa shape index (κ1) is 19.6. The van der Waals surface area contributed by atoms with Gasteiger partial charge >= 0.3 is 0 Å². The van der Waals surface area contributed by atoms with Crippen LogP contribution in [-0.2, 0) is 16.6 Å². The molecule has 0 amide bonds. The van der Waals surface area contributed by atoms with Gasteiger partial charge in [0.2, 0.25) is 0 Å². The van der Waals surface area contributed by atoms with Gasteiger partial charge in [0.05, 0.1) is 28.3 Å². The number of benzene rings is 2. The molecule has 0 saturated heterocycles. The fourth-order valence-electron chi connectivity index (χ4n) is 2.87. The van der Waals surface area contributed by atoms with E-state index >= 15 is 0 Å². The van der Waals surface area contributed by atoms with Crippen LogP contribution >= 0.6 is 0 Å². The minimum Gasteiger partial charge on any atom is -0.467 e. The van der Waals surface area contributed by atoms with Crippen molar-refractivity contribution in [3.8, 4) is 0 Å². The predicted octanol–water partition coefficient (Wildman–Crippen LogP) is 4.51. The highest BCUT2D eigenvalue weighted by Gasteiger charge is 2.30. The molecule has 0 N–H and O–H groups in total. The molecule has 0 bridgehead atoms. The topological polar surface area (TPSA) is 93.7 Å². The third-order valence-electron chi connectivity index (χ3n) is 4.58. The summed E-state index contributed by atoms with van der Waals surface area (Å²) in [6.45, 7) is 5.18. The minimum atomic E-state index is -4.08. The number of non-ortho nitro benzene ring substituents is 1. The molecule has 0 aliphatic carbocycles. The summed E-state index contributed by atoms with van der Waals surface area (Å²) in [5, 5.41) is 11.3. The molecule has 0 fully saturated rings. The number of hydrogen-bond donors (Lipinski definition) is 0. The lowest BCUT2D eigenvalue weighted by atomic mass is 10.1. The van der Waals surface area contributed by atoms with Crippen molar-refractivity contribution >= 4 is 21.4 Å². The summed E-state index contributed by atoms with van der Waals surface area (Å²) in [6.07, 6.45) is 1.47. The van der Waals surface area contributed by atoms with Crippen LogP contribution in [-0.4, -0.2) is 13.3 Å². The van der Waals surface area contributed by atoms with E-state index in [1.807, 2.05) is 19.1 Å². The normalized spacial score (nSPS) is 11.4. The summed E-state index contributed by atoms with van der Waals surface area (Å²) in [5.74, 6) is 0.462. The van der Waals surface area contributed by atoms with Gasteiger partial charge in [0.15, 0.2) is 0 Å². The summed E-state index contributed by atoms with van der Waals surface area (Å²) >= 11 is 0. The molecule has 0 aliphatic rings. The van der Waals surface area contributed by atoms with Gasteiger partial charge in [-0.3, -0.25) is 14.4 Å². The van der Waals surface area contributed by atoms with Crippen molar-refractivity contribution in [3.05, 3.63) is 87.4 Å². The summed E-state index contributed by atoms with van der Waals surface area (Å²) in [4.78, 5) is 10.6. The van der Waals surface area contributed by atoms with Crippen LogP contribution in [0.15, 0.2) is 64.1 Å². The van der Waals surface area contributed by atoms with E-state index in [1.165, 1.54) is 16.6 Å². The Bertz CT molecular complexity index is 1100. The lowest BCUT2D eigenvalue weighted by Crippen LogP contribution is -2.31. The van der Waals surface area contributed by atoms with Crippen molar-refractivity contribution in [2.24, 2.45) is 0 Å². The molecule has 0 aliphatic heterocycles. The van der Waals surface area contributed by atoms with E-state index in [-0.39, 0.29) is 17.1 Å². The van der Waals surface area contributed by atoms with E-state index in [4.69, 9.17) is 4.42 Å². The van der Waals surface area contributed by atoms with E-state index in [2.05, 4.69) is 0 Å². The highest BCUT2D eigenvalue weighted by molar-refractivity contribution is 7.92. The molecule has 3 rings (SSSR count). The summed E-state index contributed by atoms with van der Waals surface area (Å²) in [7, 11) is -4.08. The molecule has 8 heteroatoms. The molecule has 2 aromatic carbocycles. The second kappa shape index (κ2) is 7.47. The monoisotopic (exact) mass is 400 g/mol. The number of sulfonamides is 1. The van der Waals surface area contributed by atoms with Crippen LogP contribution in [0.2, 0.25) is 0 Å². The third kappa shape index (κ3) is 3.77. The molecular formula is C20H20N2O5S. The Morgan fingerprint density at radius 2 is 1.75 bits per heavy atom. The first-order valence-corrected chi connectivity index (χ1v) is 10.0.